The molecule has 24 heavy (non-hydrogen) atoms. The van der Waals surface area contributed by atoms with Crippen LogP contribution in [0.25, 0.3) is 11.3 Å². The fourth-order valence-electron chi connectivity index (χ4n) is 2.20. The van der Waals surface area contributed by atoms with Crippen LogP contribution in [0, 0.1) is 6.92 Å². The second-order valence-corrected chi connectivity index (χ2v) is 5.58. The van der Waals surface area contributed by atoms with E-state index in [9.17, 15) is 9.90 Å². The average Bonchev–Trinajstić information content (AvgIpc) is 3.16. The average molecular weight is 347 g/mol. The van der Waals surface area contributed by atoms with Crippen molar-refractivity contribution >= 4 is 23.3 Å². The summed E-state index contributed by atoms with van der Waals surface area (Å²) >= 11 is 5.89. The van der Waals surface area contributed by atoms with Crippen molar-refractivity contribution in [2.45, 2.75) is 13.5 Å². The van der Waals surface area contributed by atoms with Gasteiger partial charge in [0.2, 0.25) is 0 Å². The first kappa shape index (κ1) is 16.2. The fourth-order valence-corrected chi connectivity index (χ4v) is 2.32. The molecule has 7 nitrogen and oxygen atoms in total. The summed E-state index contributed by atoms with van der Waals surface area (Å²) in [5, 5.41) is 20.6. The molecular weight excluding hydrogens is 332 g/mol. The van der Waals surface area contributed by atoms with Gasteiger partial charge in [-0.05, 0) is 19.1 Å². The number of aliphatic hydroxyl groups excluding tert-OH is 1. The lowest BCUT2D eigenvalue weighted by Crippen LogP contribution is -2.17. The van der Waals surface area contributed by atoms with Gasteiger partial charge in [0.05, 0.1) is 18.8 Å². The van der Waals surface area contributed by atoms with E-state index in [0.717, 1.165) is 5.56 Å². The van der Waals surface area contributed by atoms with Crippen molar-refractivity contribution in [2.75, 3.05) is 11.9 Å². The number of nitrogens with one attached hydrogen (secondary N) is 1. The predicted octanol–water partition coefficient (Wildman–Crippen LogP) is 2.74. The molecule has 0 unspecified atom stereocenters. The summed E-state index contributed by atoms with van der Waals surface area (Å²) in [4.78, 5) is 12.2. The zero-order chi connectivity index (χ0) is 17.1. The highest BCUT2D eigenvalue weighted by Gasteiger charge is 2.16. The van der Waals surface area contributed by atoms with Crippen LogP contribution in [0.3, 0.4) is 0 Å². The summed E-state index contributed by atoms with van der Waals surface area (Å²) in [5.41, 5.74) is 1.69. The molecule has 124 valence electrons. The number of carbonyl (C=O) groups excluding carboxylic acids is 1. The Hall–Kier alpha value is -2.64. The molecular formula is C16H15ClN4O3. The van der Waals surface area contributed by atoms with E-state index in [1.807, 2.05) is 12.1 Å². The normalized spacial score (nSPS) is 10.8. The van der Waals surface area contributed by atoms with Crippen LogP contribution < -0.4 is 5.32 Å². The van der Waals surface area contributed by atoms with E-state index in [1.54, 1.807) is 31.2 Å². The number of anilines is 1. The Morgan fingerprint density at radius 3 is 2.71 bits per heavy atom. The highest BCUT2D eigenvalue weighted by Crippen LogP contribution is 2.24. The summed E-state index contributed by atoms with van der Waals surface area (Å²) in [5.74, 6) is 0.596. The maximum Gasteiger partial charge on any atom is 0.278 e. The molecule has 0 aliphatic heterocycles. The van der Waals surface area contributed by atoms with Crippen LogP contribution in [0.4, 0.5) is 5.82 Å². The Morgan fingerprint density at radius 2 is 2.08 bits per heavy atom. The first-order valence-electron chi connectivity index (χ1n) is 7.26. The molecule has 0 fully saturated rings. The second-order valence-electron chi connectivity index (χ2n) is 5.15. The van der Waals surface area contributed by atoms with E-state index in [4.69, 9.17) is 16.1 Å². The maximum atomic E-state index is 12.2. The molecule has 3 aromatic rings. The molecule has 8 heteroatoms. The van der Waals surface area contributed by atoms with Gasteiger partial charge in [0, 0.05) is 22.7 Å². The van der Waals surface area contributed by atoms with Crippen LogP contribution in [0.5, 0.6) is 0 Å². The van der Waals surface area contributed by atoms with Crippen LogP contribution >= 0.6 is 11.6 Å². The molecule has 0 atom stereocenters. The zero-order valence-electron chi connectivity index (χ0n) is 12.9. The number of amides is 1. The van der Waals surface area contributed by atoms with E-state index < -0.39 is 5.91 Å². The predicted molar refractivity (Wildman–Crippen MR) is 89.0 cm³/mol. The molecule has 0 saturated heterocycles. The van der Waals surface area contributed by atoms with Gasteiger partial charge in [0.15, 0.2) is 5.69 Å². The molecule has 1 amide bonds. The molecule has 2 heterocycles. The first-order chi connectivity index (χ1) is 11.6. The Morgan fingerprint density at radius 1 is 1.33 bits per heavy atom. The van der Waals surface area contributed by atoms with E-state index in [-0.39, 0.29) is 18.8 Å². The van der Waals surface area contributed by atoms with E-state index in [2.05, 4.69) is 15.6 Å². The summed E-state index contributed by atoms with van der Waals surface area (Å²) in [6, 6.07) is 10.5. The molecule has 0 radical (unpaired) electrons. The van der Waals surface area contributed by atoms with Gasteiger partial charge in [-0.1, -0.05) is 28.9 Å². The van der Waals surface area contributed by atoms with Crippen molar-refractivity contribution in [3.05, 3.63) is 52.9 Å². The number of aliphatic hydroxyl groups is 1. The maximum absolute atomic E-state index is 12.2. The van der Waals surface area contributed by atoms with Gasteiger partial charge in [-0.3, -0.25) is 4.79 Å². The lowest BCUT2D eigenvalue weighted by molar-refractivity contribution is 0.101. The van der Waals surface area contributed by atoms with Gasteiger partial charge < -0.3 is 14.9 Å². The van der Waals surface area contributed by atoms with Crippen molar-refractivity contribution in [1.82, 2.24) is 14.9 Å². The Bertz CT molecular complexity index is 855. The van der Waals surface area contributed by atoms with Crippen molar-refractivity contribution in [2.24, 2.45) is 0 Å². The highest BCUT2D eigenvalue weighted by molar-refractivity contribution is 6.30. The molecule has 0 aliphatic carbocycles. The minimum Gasteiger partial charge on any atom is -0.394 e. The molecule has 2 N–H and O–H groups in total. The van der Waals surface area contributed by atoms with Crippen molar-refractivity contribution in [3.8, 4) is 11.3 Å². The molecule has 0 saturated carbocycles. The fraction of sp³-hybridized carbons (Fsp3) is 0.188. The van der Waals surface area contributed by atoms with Gasteiger partial charge in [0.25, 0.3) is 5.91 Å². The molecule has 3 rings (SSSR count). The number of aromatic nitrogens is 3. The number of benzene rings is 1. The van der Waals surface area contributed by atoms with Gasteiger partial charge in [0.1, 0.15) is 11.6 Å². The van der Waals surface area contributed by atoms with Crippen molar-refractivity contribution in [3.63, 3.8) is 0 Å². The summed E-state index contributed by atoms with van der Waals surface area (Å²) in [7, 11) is 0. The summed E-state index contributed by atoms with van der Waals surface area (Å²) in [6.07, 6.45) is 0. The number of rotatable bonds is 5. The topological polar surface area (TPSA) is 93.2 Å². The SMILES string of the molecule is Cc1cc(C(=O)Nc2cc(-c3ccc(Cl)cc3)nn2CCO)no1. The quantitative estimate of drug-likeness (QED) is 0.741. The lowest BCUT2D eigenvalue weighted by atomic mass is 10.1. The van der Waals surface area contributed by atoms with E-state index >= 15 is 0 Å². The summed E-state index contributed by atoms with van der Waals surface area (Å²) in [6.45, 7) is 1.85. The number of hydrogen-bond acceptors (Lipinski definition) is 5. The third-order valence-electron chi connectivity index (χ3n) is 3.33. The van der Waals surface area contributed by atoms with Gasteiger partial charge >= 0.3 is 0 Å². The van der Waals surface area contributed by atoms with Gasteiger partial charge in [-0.25, -0.2) is 4.68 Å². The second kappa shape index (κ2) is 6.86. The Balaban J connectivity index is 1.88. The van der Waals surface area contributed by atoms with Crippen LogP contribution in [0.2, 0.25) is 5.02 Å². The van der Waals surface area contributed by atoms with Crippen LogP contribution in [-0.4, -0.2) is 32.6 Å². The standard InChI is InChI=1S/C16H15ClN4O3/c1-10-8-14(20-24-10)16(23)18-15-9-13(19-21(15)6-7-22)11-2-4-12(17)5-3-11/h2-5,8-9,22H,6-7H2,1H3,(H,18,23). The zero-order valence-corrected chi connectivity index (χ0v) is 13.6. The Kier molecular flexibility index (Phi) is 4.64. The van der Waals surface area contributed by atoms with Crippen molar-refractivity contribution in [1.29, 1.82) is 0 Å². The molecule has 0 spiro atoms. The molecule has 0 bridgehead atoms. The highest BCUT2D eigenvalue weighted by atomic mass is 35.5. The molecule has 0 aliphatic rings. The van der Waals surface area contributed by atoms with E-state index in [0.29, 0.717) is 22.3 Å². The minimum absolute atomic E-state index is 0.103. The summed E-state index contributed by atoms with van der Waals surface area (Å²) < 4.78 is 6.42. The Labute approximate surface area is 142 Å². The van der Waals surface area contributed by atoms with Gasteiger partial charge in [-0.2, -0.15) is 5.10 Å². The number of aryl methyl sites for hydroxylation is 1. The number of nitrogens with zero attached hydrogens (tertiary/aromatic N) is 3. The van der Waals surface area contributed by atoms with Crippen molar-refractivity contribution < 1.29 is 14.4 Å². The third kappa shape index (κ3) is 3.47. The van der Waals surface area contributed by atoms with Gasteiger partial charge in [-0.15, -0.1) is 0 Å². The lowest BCUT2D eigenvalue weighted by Gasteiger charge is -2.05. The van der Waals surface area contributed by atoms with E-state index in [1.165, 1.54) is 4.68 Å². The first-order valence-corrected chi connectivity index (χ1v) is 7.64. The number of halogens is 1. The molecule has 1 aromatic carbocycles. The number of hydrogen-bond donors (Lipinski definition) is 2. The van der Waals surface area contributed by atoms with Crippen LogP contribution in [0.1, 0.15) is 16.2 Å². The van der Waals surface area contributed by atoms with Crippen LogP contribution in [0.15, 0.2) is 40.9 Å². The number of carbonyl (C=O) groups is 1. The monoisotopic (exact) mass is 346 g/mol. The van der Waals surface area contributed by atoms with Crippen LogP contribution in [-0.2, 0) is 6.54 Å². The largest absolute Gasteiger partial charge is 0.394 e. The molecule has 2 aromatic heterocycles. The smallest absolute Gasteiger partial charge is 0.278 e. The third-order valence-corrected chi connectivity index (χ3v) is 3.59. The minimum atomic E-state index is -0.409.